The molecule has 0 bridgehead atoms. The predicted octanol–water partition coefficient (Wildman–Crippen LogP) is 13.1. The van der Waals surface area contributed by atoms with Crippen LogP contribution in [0.2, 0.25) is 0 Å². The fraction of sp³-hybridized carbons (Fsp3) is 0.310. The van der Waals surface area contributed by atoms with Gasteiger partial charge >= 0.3 is 0 Å². The lowest BCUT2D eigenvalue weighted by molar-refractivity contribution is 0.0809. The lowest BCUT2D eigenvalue weighted by atomic mass is 9.90. The summed E-state index contributed by atoms with van der Waals surface area (Å²) in [5.74, 6) is 3.47. The third-order valence-electron chi connectivity index (χ3n) is 12.8. The molecule has 68 heavy (non-hydrogen) atoms. The van der Waals surface area contributed by atoms with Gasteiger partial charge in [0, 0.05) is 0 Å². The maximum Gasteiger partial charge on any atom is 0.219 e. The van der Waals surface area contributed by atoms with Crippen molar-refractivity contribution < 1.29 is 18.9 Å². The summed E-state index contributed by atoms with van der Waals surface area (Å²) in [5.41, 5.74) is 9.14. The predicted molar refractivity (Wildman–Crippen MR) is 276 cm³/mol. The number of para-hydroxylation sites is 4. The fourth-order valence-corrected chi connectivity index (χ4v) is 9.53. The van der Waals surface area contributed by atoms with Crippen LogP contribution in [0.5, 0.6) is 0 Å². The highest BCUT2D eigenvalue weighted by molar-refractivity contribution is 6.05. The van der Waals surface area contributed by atoms with E-state index in [0.717, 1.165) is 56.1 Å². The molecule has 0 aliphatic carbocycles. The Hall–Kier alpha value is -7.20. The van der Waals surface area contributed by atoms with E-state index in [1.807, 2.05) is 109 Å². The molecule has 4 aliphatic heterocycles. The molecule has 10 heteroatoms. The summed E-state index contributed by atoms with van der Waals surface area (Å²) in [6.07, 6.45) is 0. The molecule has 4 atom stereocenters. The monoisotopic (exact) mass is 906 g/mol. The molecule has 0 spiro atoms. The molecule has 0 amide bonds. The summed E-state index contributed by atoms with van der Waals surface area (Å²) in [6.45, 7) is 18.3. The summed E-state index contributed by atoms with van der Waals surface area (Å²) in [6, 6.07) is 53.3. The Balaban J connectivity index is 0.000000170. The maximum absolute atomic E-state index is 6.34. The SMILES string of the molecule is CC(C)[C@@H]1N=C(c2ccccc2Nc2ccccc2C2=N[C@@H](c3ccccc3)CO2)OC1(C)C.CC(C)[C@@H]1N=C(c2ccccc2Nc2ccccc2C2=N[C@@H](c3ccccc3)CO2)OC1(C)C. The molecule has 0 unspecified atom stereocenters. The van der Waals surface area contributed by atoms with Gasteiger partial charge in [0.2, 0.25) is 23.6 Å². The standard InChI is InChI=1S/2C29H31N3O2/c2*1-19(2)26-29(3,4)34-28(32-26)22-15-9-11-17-24(22)30-23-16-10-8-14-21(23)27-31-25(18-33-27)20-12-6-5-7-13-20/h2*5-17,19,25-26,30H,18H2,1-4H3/t2*25-,26+/m11/s1. The third kappa shape index (κ3) is 9.91. The molecule has 10 nitrogen and oxygen atoms in total. The van der Waals surface area contributed by atoms with Gasteiger partial charge < -0.3 is 29.6 Å². The van der Waals surface area contributed by atoms with E-state index >= 15 is 0 Å². The smallest absolute Gasteiger partial charge is 0.219 e. The molecule has 6 aromatic rings. The van der Waals surface area contributed by atoms with Crippen molar-refractivity contribution in [2.75, 3.05) is 23.8 Å². The van der Waals surface area contributed by atoms with E-state index in [0.29, 0.717) is 48.6 Å². The first kappa shape index (κ1) is 45.9. The molecule has 4 aliphatic rings. The van der Waals surface area contributed by atoms with Crippen molar-refractivity contribution in [3.63, 3.8) is 0 Å². The van der Waals surface area contributed by atoms with Crippen molar-refractivity contribution in [1.29, 1.82) is 0 Å². The molecule has 0 radical (unpaired) electrons. The summed E-state index contributed by atoms with van der Waals surface area (Å²) in [7, 11) is 0. The van der Waals surface area contributed by atoms with Gasteiger partial charge in [0.05, 0.1) is 57.1 Å². The number of rotatable bonds is 12. The quantitative estimate of drug-likeness (QED) is 0.127. The van der Waals surface area contributed by atoms with E-state index in [1.165, 1.54) is 0 Å². The first-order valence-electron chi connectivity index (χ1n) is 23.8. The van der Waals surface area contributed by atoms with Crippen LogP contribution in [0.25, 0.3) is 0 Å². The zero-order valence-corrected chi connectivity index (χ0v) is 40.3. The van der Waals surface area contributed by atoms with Crippen molar-refractivity contribution in [2.45, 2.75) is 90.8 Å². The molecule has 6 aromatic carbocycles. The van der Waals surface area contributed by atoms with E-state index in [2.05, 4.69) is 115 Å². The highest BCUT2D eigenvalue weighted by Gasteiger charge is 2.42. The summed E-state index contributed by atoms with van der Waals surface area (Å²) in [4.78, 5) is 19.7. The lowest BCUT2D eigenvalue weighted by Crippen LogP contribution is -2.36. The second-order valence-corrected chi connectivity index (χ2v) is 19.4. The highest BCUT2D eigenvalue weighted by atomic mass is 16.5. The Morgan fingerprint density at radius 2 is 0.691 bits per heavy atom. The fourth-order valence-electron chi connectivity index (χ4n) is 9.53. The minimum atomic E-state index is -0.340. The Labute approximate surface area is 401 Å². The van der Waals surface area contributed by atoms with E-state index in [9.17, 15) is 0 Å². The molecule has 0 saturated carbocycles. The van der Waals surface area contributed by atoms with Crippen molar-refractivity contribution in [3.8, 4) is 0 Å². The first-order chi connectivity index (χ1) is 32.8. The average molecular weight is 907 g/mol. The van der Waals surface area contributed by atoms with Crippen molar-refractivity contribution >= 4 is 46.3 Å². The Bertz CT molecular complexity index is 2660. The van der Waals surface area contributed by atoms with Gasteiger partial charge in [-0.3, -0.25) is 0 Å². The van der Waals surface area contributed by atoms with Crippen LogP contribution in [-0.2, 0) is 18.9 Å². The largest absolute Gasteiger partial charge is 0.475 e. The van der Waals surface area contributed by atoms with Crippen molar-refractivity contribution in [2.24, 2.45) is 31.8 Å². The van der Waals surface area contributed by atoms with Crippen LogP contribution >= 0.6 is 0 Å². The van der Waals surface area contributed by atoms with Crippen LogP contribution in [0.3, 0.4) is 0 Å². The Morgan fingerprint density at radius 3 is 1.00 bits per heavy atom. The number of nitrogens with zero attached hydrogens (tertiary/aromatic N) is 4. The van der Waals surface area contributed by atoms with Gasteiger partial charge in [-0.1, -0.05) is 137 Å². The van der Waals surface area contributed by atoms with Gasteiger partial charge in [-0.05, 0) is 99.2 Å². The minimum Gasteiger partial charge on any atom is -0.475 e. The van der Waals surface area contributed by atoms with Crippen LogP contribution in [0.4, 0.5) is 22.7 Å². The molecular formula is C58H62N6O4. The third-order valence-corrected chi connectivity index (χ3v) is 12.8. The molecule has 10 rings (SSSR count). The summed E-state index contributed by atoms with van der Waals surface area (Å²) >= 11 is 0. The summed E-state index contributed by atoms with van der Waals surface area (Å²) in [5, 5.41) is 7.20. The minimum absolute atomic E-state index is 0.00739. The van der Waals surface area contributed by atoms with E-state index in [1.54, 1.807) is 0 Å². The molecule has 0 aromatic heterocycles. The van der Waals surface area contributed by atoms with Gasteiger partial charge in [0.25, 0.3) is 0 Å². The normalized spacial score (nSPS) is 21.0. The zero-order valence-electron chi connectivity index (χ0n) is 40.3. The second-order valence-electron chi connectivity index (χ2n) is 19.4. The topological polar surface area (TPSA) is 110 Å². The molecule has 4 heterocycles. The van der Waals surface area contributed by atoms with E-state index in [-0.39, 0.29) is 35.4 Å². The van der Waals surface area contributed by atoms with Gasteiger partial charge in [0.1, 0.15) is 36.5 Å². The van der Waals surface area contributed by atoms with Crippen LogP contribution < -0.4 is 10.6 Å². The van der Waals surface area contributed by atoms with Gasteiger partial charge in [0.15, 0.2) is 0 Å². The van der Waals surface area contributed by atoms with Crippen LogP contribution in [0, 0.1) is 11.8 Å². The maximum atomic E-state index is 6.34. The van der Waals surface area contributed by atoms with E-state index < -0.39 is 0 Å². The number of aliphatic imine (C=N–C) groups is 4. The van der Waals surface area contributed by atoms with Crippen LogP contribution in [0.1, 0.15) is 101 Å². The molecular weight excluding hydrogens is 845 g/mol. The van der Waals surface area contributed by atoms with Crippen molar-refractivity contribution in [1.82, 2.24) is 0 Å². The second kappa shape index (κ2) is 19.6. The van der Waals surface area contributed by atoms with Gasteiger partial charge in [-0.15, -0.1) is 0 Å². The Kier molecular flexibility index (Phi) is 13.2. The molecule has 0 saturated heterocycles. The number of hydrogen-bond acceptors (Lipinski definition) is 10. The van der Waals surface area contributed by atoms with Crippen molar-refractivity contribution in [3.05, 3.63) is 191 Å². The molecule has 2 N–H and O–H groups in total. The van der Waals surface area contributed by atoms with Crippen LogP contribution in [0.15, 0.2) is 178 Å². The first-order valence-corrected chi connectivity index (χ1v) is 23.8. The molecule has 348 valence electrons. The number of nitrogens with one attached hydrogen (secondary N) is 2. The zero-order chi connectivity index (χ0) is 47.4. The number of hydrogen-bond donors (Lipinski definition) is 2. The van der Waals surface area contributed by atoms with Crippen LogP contribution in [-0.4, -0.2) is 60.1 Å². The van der Waals surface area contributed by atoms with Gasteiger partial charge in [-0.25, -0.2) is 20.0 Å². The Morgan fingerprint density at radius 1 is 0.397 bits per heavy atom. The van der Waals surface area contributed by atoms with E-state index in [4.69, 9.17) is 38.9 Å². The average Bonchev–Trinajstić information content (AvgIpc) is 4.16. The summed E-state index contributed by atoms with van der Waals surface area (Å²) < 4.78 is 24.8. The molecule has 0 fully saturated rings. The number of anilines is 4. The number of benzene rings is 6. The highest BCUT2D eigenvalue weighted by Crippen LogP contribution is 2.38. The number of ether oxygens (including phenoxy) is 4. The van der Waals surface area contributed by atoms with Gasteiger partial charge in [-0.2, -0.15) is 0 Å². The lowest BCUT2D eigenvalue weighted by Gasteiger charge is -2.27.